The molecule has 3 heterocycles. The molecule has 10 nitrogen and oxygen atoms in total. The number of aromatic nitrogens is 5. The van der Waals surface area contributed by atoms with Crippen LogP contribution >= 0.6 is 0 Å². The van der Waals surface area contributed by atoms with Gasteiger partial charge in [-0.05, 0) is 12.1 Å². The smallest absolute Gasteiger partial charge is 0.464 e. The van der Waals surface area contributed by atoms with Gasteiger partial charge in [-0.3, -0.25) is 4.98 Å². The highest BCUT2D eigenvalue weighted by atomic mass is 19.4. The van der Waals surface area contributed by atoms with Gasteiger partial charge in [0.1, 0.15) is 0 Å². The topological polar surface area (TPSA) is 122 Å². The third kappa shape index (κ3) is 4.07. The maximum atomic E-state index is 12.5. The summed E-state index contributed by atoms with van der Waals surface area (Å²) < 4.78 is 52.4. The molecule has 0 spiro atoms. The van der Waals surface area contributed by atoms with Crippen LogP contribution in [0, 0.1) is 0 Å². The number of esters is 2. The van der Waals surface area contributed by atoms with E-state index in [1.165, 1.54) is 29.2 Å². The lowest BCUT2D eigenvalue weighted by Crippen LogP contribution is -2.16. The summed E-state index contributed by atoms with van der Waals surface area (Å²) >= 11 is 0. The van der Waals surface area contributed by atoms with Crippen molar-refractivity contribution in [2.24, 2.45) is 0 Å². The van der Waals surface area contributed by atoms with Gasteiger partial charge in [0.2, 0.25) is 5.82 Å². The van der Waals surface area contributed by atoms with Gasteiger partial charge in [-0.1, -0.05) is 5.16 Å². The van der Waals surface area contributed by atoms with E-state index < -0.39 is 24.0 Å². The number of imidazole rings is 1. The van der Waals surface area contributed by atoms with E-state index in [-0.39, 0.29) is 29.3 Å². The lowest BCUT2D eigenvalue weighted by Gasteiger charge is -2.07. The van der Waals surface area contributed by atoms with Gasteiger partial charge in [-0.15, -0.1) is 0 Å². The Balaban J connectivity index is 1.85. The largest absolute Gasteiger partial charge is 0.471 e. The molecule has 152 valence electrons. The van der Waals surface area contributed by atoms with Crippen molar-refractivity contribution in [3.8, 4) is 11.4 Å². The first kappa shape index (κ1) is 20.0. The fourth-order valence-corrected chi connectivity index (χ4v) is 2.34. The average Bonchev–Trinajstić information content (AvgIpc) is 3.35. The number of hydrogen-bond acceptors (Lipinski definition) is 9. The molecule has 0 bridgehead atoms. The molecule has 13 heteroatoms. The van der Waals surface area contributed by atoms with E-state index in [0.717, 1.165) is 14.2 Å². The van der Waals surface area contributed by atoms with Crippen LogP contribution in [-0.2, 0) is 22.2 Å². The van der Waals surface area contributed by atoms with Crippen LogP contribution in [0.2, 0.25) is 0 Å². The minimum absolute atomic E-state index is 0.0226. The van der Waals surface area contributed by atoms with Gasteiger partial charge in [-0.25, -0.2) is 14.6 Å². The van der Waals surface area contributed by atoms with Gasteiger partial charge in [0.15, 0.2) is 11.4 Å². The molecule has 3 aromatic heterocycles. The van der Waals surface area contributed by atoms with Crippen molar-refractivity contribution >= 4 is 11.9 Å². The second kappa shape index (κ2) is 7.69. The molecule has 0 fully saturated rings. The SMILES string of the molecule is COC(=O)c1ncn(Cc2ccc(-c3noc(C(F)(F)F)n3)cn2)c1C(=O)OC. The van der Waals surface area contributed by atoms with Crippen LogP contribution in [0.25, 0.3) is 11.4 Å². The lowest BCUT2D eigenvalue weighted by molar-refractivity contribution is -0.159. The fraction of sp³-hybridized carbons (Fsp3) is 0.250. The molecular formula is C16H12F3N5O5. The number of rotatable bonds is 5. The van der Waals surface area contributed by atoms with Gasteiger partial charge in [-0.2, -0.15) is 18.2 Å². The van der Waals surface area contributed by atoms with Crippen LogP contribution in [0.15, 0.2) is 29.2 Å². The standard InChI is InChI=1S/C16H12F3N5O5/c1-27-13(25)10-11(14(26)28-2)24(7-21-10)6-9-4-3-8(5-20-9)12-22-15(29-23-12)16(17,18)19/h3-5,7H,6H2,1-2H3. The summed E-state index contributed by atoms with van der Waals surface area (Å²) in [5.41, 5.74) is 0.259. The fourth-order valence-electron chi connectivity index (χ4n) is 2.34. The zero-order valence-corrected chi connectivity index (χ0v) is 14.9. The summed E-state index contributed by atoms with van der Waals surface area (Å²) in [6.07, 6.45) is -2.26. The number of nitrogens with zero attached hydrogens (tertiary/aromatic N) is 5. The molecule has 0 atom stereocenters. The zero-order valence-electron chi connectivity index (χ0n) is 14.9. The molecule has 0 saturated carbocycles. The monoisotopic (exact) mass is 411 g/mol. The number of carbonyl (C=O) groups is 2. The first-order valence-electron chi connectivity index (χ1n) is 7.82. The van der Waals surface area contributed by atoms with E-state index in [4.69, 9.17) is 0 Å². The van der Waals surface area contributed by atoms with Crippen molar-refractivity contribution in [3.63, 3.8) is 0 Å². The molecule has 0 aromatic carbocycles. The molecule has 0 aliphatic heterocycles. The summed E-state index contributed by atoms with van der Waals surface area (Å²) in [6, 6.07) is 2.92. The molecular weight excluding hydrogens is 399 g/mol. The van der Waals surface area contributed by atoms with E-state index in [0.29, 0.717) is 5.69 Å². The summed E-state index contributed by atoms with van der Waals surface area (Å²) in [4.78, 5) is 35.0. The highest BCUT2D eigenvalue weighted by Gasteiger charge is 2.38. The number of hydrogen-bond donors (Lipinski definition) is 0. The number of carbonyl (C=O) groups excluding carboxylic acids is 2. The Morgan fingerprint density at radius 1 is 1.14 bits per heavy atom. The van der Waals surface area contributed by atoms with Crippen molar-refractivity contribution in [2.75, 3.05) is 14.2 Å². The first-order valence-corrected chi connectivity index (χ1v) is 7.82. The number of methoxy groups -OCH3 is 2. The predicted molar refractivity (Wildman–Crippen MR) is 86.5 cm³/mol. The molecule has 0 aliphatic rings. The van der Waals surface area contributed by atoms with Gasteiger partial charge in [0.05, 0.1) is 32.8 Å². The molecule has 29 heavy (non-hydrogen) atoms. The second-order valence-electron chi connectivity index (χ2n) is 5.51. The summed E-state index contributed by atoms with van der Waals surface area (Å²) in [6.45, 7) is 0.0226. The lowest BCUT2D eigenvalue weighted by atomic mass is 10.2. The van der Waals surface area contributed by atoms with Crippen molar-refractivity contribution in [3.05, 3.63) is 47.6 Å². The molecule has 0 N–H and O–H groups in total. The van der Waals surface area contributed by atoms with Crippen molar-refractivity contribution in [1.82, 2.24) is 24.7 Å². The molecule has 0 aliphatic carbocycles. The number of pyridine rings is 1. The average molecular weight is 411 g/mol. The minimum Gasteiger partial charge on any atom is -0.464 e. The third-order valence-corrected chi connectivity index (χ3v) is 3.68. The van der Waals surface area contributed by atoms with Crippen LogP contribution in [0.1, 0.15) is 32.6 Å². The van der Waals surface area contributed by atoms with Crippen LogP contribution in [0.4, 0.5) is 13.2 Å². The summed E-state index contributed by atoms with van der Waals surface area (Å²) in [7, 11) is 2.29. The van der Waals surface area contributed by atoms with Gasteiger partial charge < -0.3 is 18.6 Å². The quantitative estimate of drug-likeness (QED) is 0.580. The van der Waals surface area contributed by atoms with E-state index in [1.807, 2.05) is 0 Å². The number of ether oxygens (including phenoxy) is 2. The van der Waals surface area contributed by atoms with Crippen molar-refractivity contribution in [2.45, 2.75) is 12.7 Å². The Hall–Kier alpha value is -3.77. The Labute approximate surface area is 160 Å². The van der Waals surface area contributed by atoms with Crippen molar-refractivity contribution in [1.29, 1.82) is 0 Å². The Kier molecular flexibility index (Phi) is 5.30. The van der Waals surface area contributed by atoms with Gasteiger partial charge in [0.25, 0.3) is 0 Å². The van der Waals surface area contributed by atoms with Crippen LogP contribution < -0.4 is 0 Å². The molecule has 0 radical (unpaired) electrons. The van der Waals surface area contributed by atoms with E-state index in [1.54, 1.807) is 0 Å². The van der Waals surface area contributed by atoms with Crippen LogP contribution in [-0.4, -0.2) is 50.8 Å². The normalized spacial score (nSPS) is 11.3. The van der Waals surface area contributed by atoms with Gasteiger partial charge >= 0.3 is 24.0 Å². The number of alkyl halides is 3. The Morgan fingerprint density at radius 3 is 2.41 bits per heavy atom. The number of halogens is 3. The van der Waals surface area contributed by atoms with E-state index in [2.05, 4.69) is 34.1 Å². The maximum absolute atomic E-state index is 12.5. The third-order valence-electron chi connectivity index (χ3n) is 3.68. The van der Waals surface area contributed by atoms with E-state index >= 15 is 0 Å². The molecule has 3 aromatic rings. The van der Waals surface area contributed by atoms with E-state index in [9.17, 15) is 22.8 Å². The maximum Gasteiger partial charge on any atom is 0.471 e. The molecule has 0 unspecified atom stereocenters. The summed E-state index contributed by atoms with van der Waals surface area (Å²) in [5.74, 6) is -3.36. The predicted octanol–water partition coefficient (Wildman–Crippen LogP) is 1.97. The minimum atomic E-state index is -4.75. The van der Waals surface area contributed by atoms with Gasteiger partial charge in [0, 0.05) is 11.8 Å². The zero-order chi connectivity index (χ0) is 21.2. The second-order valence-corrected chi connectivity index (χ2v) is 5.51. The Bertz CT molecular complexity index is 1040. The highest BCUT2D eigenvalue weighted by molar-refractivity contribution is 6.00. The van der Waals surface area contributed by atoms with Crippen LogP contribution in [0.3, 0.4) is 0 Å². The molecule has 0 saturated heterocycles. The first-order chi connectivity index (χ1) is 13.7. The highest BCUT2D eigenvalue weighted by Crippen LogP contribution is 2.29. The molecule has 0 amide bonds. The van der Waals surface area contributed by atoms with Crippen molar-refractivity contribution < 1.29 is 36.8 Å². The molecule has 3 rings (SSSR count). The summed E-state index contributed by atoms with van der Waals surface area (Å²) in [5, 5.41) is 3.27. The van der Waals surface area contributed by atoms with Crippen LogP contribution in [0.5, 0.6) is 0 Å². The Morgan fingerprint density at radius 2 is 1.86 bits per heavy atom.